The zero-order valence-electron chi connectivity index (χ0n) is 10.1. The number of hydrogen-bond donors (Lipinski definition) is 2. The number of nitrogens with two attached hydrogens (primary N) is 1. The fourth-order valence-corrected chi connectivity index (χ4v) is 1.73. The van der Waals surface area contributed by atoms with Crippen molar-refractivity contribution in [3.05, 3.63) is 57.8 Å². The first-order valence-electron chi connectivity index (χ1n) is 5.63. The second-order valence-corrected chi connectivity index (χ2v) is 3.92. The minimum atomic E-state index is -0.177. The molecule has 5 heteroatoms. The van der Waals surface area contributed by atoms with Crippen LogP contribution in [0.3, 0.4) is 0 Å². The van der Waals surface area contributed by atoms with Crippen LogP contribution >= 0.6 is 0 Å². The Morgan fingerprint density at radius 3 is 2.94 bits per heavy atom. The predicted octanol–water partition coefficient (Wildman–Crippen LogP) is 0.828. The van der Waals surface area contributed by atoms with Crippen molar-refractivity contribution in [2.75, 3.05) is 7.11 Å². The van der Waals surface area contributed by atoms with Crippen molar-refractivity contribution in [1.29, 1.82) is 0 Å². The van der Waals surface area contributed by atoms with Gasteiger partial charge in [0.15, 0.2) is 0 Å². The van der Waals surface area contributed by atoms with E-state index in [-0.39, 0.29) is 12.1 Å². The summed E-state index contributed by atoms with van der Waals surface area (Å²) in [6, 6.07) is 9.05. The molecule has 0 saturated carbocycles. The van der Waals surface area contributed by atoms with Crippen LogP contribution in [0.1, 0.15) is 17.1 Å². The minimum absolute atomic E-state index is 0.177. The molecule has 1 heterocycles. The molecule has 94 valence electrons. The van der Waals surface area contributed by atoms with Gasteiger partial charge in [0.25, 0.3) is 5.56 Å². The molecule has 2 rings (SSSR count). The molecule has 3 N–H and O–H groups in total. The highest BCUT2D eigenvalue weighted by Gasteiger charge is 2.03. The van der Waals surface area contributed by atoms with Crippen LogP contribution in [0.4, 0.5) is 0 Å². The maximum atomic E-state index is 11.4. The third-order valence-corrected chi connectivity index (χ3v) is 2.56. The van der Waals surface area contributed by atoms with E-state index in [1.807, 2.05) is 24.3 Å². The fourth-order valence-electron chi connectivity index (χ4n) is 1.73. The van der Waals surface area contributed by atoms with Crippen LogP contribution < -0.4 is 16.0 Å². The van der Waals surface area contributed by atoms with Crippen molar-refractivity contribution in [3.63, 3.8) is 0 Å². The highest BCUT2D eigenvalue weighted by atomic mass is 16.5. The van der Waals surface area contributed by atoms with Gasteiger partial charge in [0, 0.05) is 19.0 Å². The molecule has 0 fully saturated rings. The molecule has 0 aliphatic heterocycles. The van der Waals surface area contributed by atoms with Crippen molar-refractivity contribution in [1.82, 2.24) is 9.97 Å². The zero-order valence-corrected chi connectivity index (χ0v) is 10.1. The molecule has 0 saturated heterocycles. The van der Waals surface area contributed by atoms with Gasteiger partial charge in [-0.1, -0.05) is 12.1 Å². The topological polar surface area (TPSA) is 81.0 Å². The summed E-state index contributed by atoms with van der Waals surface area (Å²) in [7, 11) is 1.62. The normalized spacial score (nSPS) is 10.3. The third kappa shape index (κ3) is 2.95. The summed E-state index contributed by atoms with van der Waals surface area (Å²) in [6.45, 7) is 0.259. The van der Waals surface area contributed by atoms with E-state index in [4.69, 9.17) is 10.5 Å². The molecule has 0 aliphatic carbocycles. The lowest BCUT2D eigenvalue weighted by Crippen LogP contribution is -2.15. The lowest BCUT2D eigenvalue weighted by Gasteiger charge is -2.05. The minimum Gasteiger partial charge on any atom is -0.497 e. The van der Waals surface area contributed by atoms with Crippen LogP contribution in [-0.4, -0.2) is 17.1 Å². The quantitative estimate of drug-likeness (QED) is 0.836. The number of nitrogens with one attached hydrogen (secondary N) is 1. The predicted molar refractivity (Wildman–Crippen MR) is 68.5 cm³/mol. The van der Waals surface area contributed by atoms with Gasteiger partial charge in [-0.05, 0) is 17.7 Å². The van der Waals surface area contributed by atoms with Gasteiger partial charge in [0.05, 0.1) is 12.8 Å². The molecule has 0 amide bonds. The maximum Gasteiger partial charge on any atom is 0.251 e. The summed E-state index contributed by atoms with van der Waals surface area (Å²) >= 11 is 0. The van der Waals surface area contributed by atoms with Gasteiger partial charge >= 0.3 is 0 Å². The van der Waals surface area contributed by atoms with Gasteiger partial charge < -0.3 is 15.5 Å². The second-order valence-electron chi connectivity index (χ2n) is 3.92. The van der Waals surface area contributed by atoms with Crippen LogP contribution in [0.2, 0.25) is 0 Å². The zero-order chi connectivity index (χ0) is 13.0. The second kappa shape index (κ2) is 5.46. The Balaban J connectivity index is 2.27. The molecule has 0 bridgehead atoms. The number of methoxy groups -OCH3 is 1. The van der Waals surface area contributed by atoms with Crippen LogP contribution in [0.15, 0.2) is 35.1 Å². The summed E-state index contributed by atoms with van der Waals surface area (Å²) < 4.78 is 5.15. The highest BCUT2D eigenvalue weighted by molar-refractivity contribution is 5.30. The summed E-state index contributed by atoms with van der Waals surface area (Å²) in [6.07, 6.45) is 0.542. The van der Waals surface area contributed by atoms with E-state index in [9.17, 15) is 4.79 Å². The Morgan fingerprint density at radius 2 is 2.22 bits per heavy atom. The van der Waals surface area contributed by atoms with Gasteiger partial charge in [0.2, 0.25) is 0 Å². The number of H-pyrrole nitrogens is 1. The standard InChI is InChI=1S/C13H15N3O2/c1-18-11-4-2-3-9(5-11)6-12-15-10(8-14)7-13(17)16-12/h2-5,7H,6,8,14H2,1H3,(H,15,16,17). The van der Waals surface area contributed by atoms with Gasteiger partial charge in [0.1, 0.15) is 11.6 Å². The van der Waals surface area contributed by atoms with Crippen molar-refractivity contribution < 1.29 is 4.74 Å². The number of aromatic amines is 1. The fraction of sp³-hybridized carbons (Fsp3) is 0.231. The molecule has 0 radical (unpaired) electrons. The third-order valence-electron chi connectivity index (χ3n) is 2.56. The first-order chi connectivity index (χ1) is 8.71. The Hall–Kier alpha value is -2.14. The molecule has 0 unspecified atom stereocenters. The molecule has 0 atom stereocenters. The van der Waals surface area contributed by atoms with Gasteiger partial charge in [-0.25, -0.2) is 4.98 Å². The first-order valence-corrected chi connectivity index (χ1v) is 5.63. The Bertz CT molecular complexity index is 593. The van der Waals surface area contributed by atoms with Crippen molar-refractivity contribution in [2.24, 2.45) is 5.73 Å². The van der Waals surface area contributed by atoms with Gasteiger partial charge in [-0.3, -0.25) is 4.79 Å². The number of rotatable bonds is 4. The van der Waals surface area contributed by atoms with Crippen LogP contribution in [0.5, 0.6) is 5.75 Å². The summed E-state index contributed by atoms with van der Waals surface area (Å²) in [4.78, 5) is 18.4. The average Bonchev–Trinajstić information content (AvgIpc) is 2.38. The number of benzene rings is 1. The van der Waals surface area contributed by atoms with Gasteiger partial charge in [-0.15, -0.1) is 0 Å². The first kappa shape index (κ1) is 12.3. The van der Waals surface area contributed by atoms with E-state index >= 15 is 0 Å². The van der Waals surface area contributed by atoms with E-state index in [1.165, 1.54) is 6.07 Å². The van der Waals surface area contributed by atoms with E-state index in [2.05, 4.69) is 9.97 Å². The van der Waals surface area contributed by atoms with E-state index in [0.29, 0.717) is 17.9 Å². The Labute approximate surface area is 105 Å². The number of nitrogens with zero attached hydrogens (tertiary/aromatic N) is 1. The monoisotopic (exact) mass is 245 g/mol. The molecule has 5 nitrogen and oxygen atoms in total. The Morgan fingerprint density at radius 1 is 1.39 bits per heavy atom. The van der Waals surface area contributed by atoms with E-state index < -0.39 is 0 Å². The van der Waals surface area contributed by atoms with Crippen LogP contribution in [0, 0.1) is 0 Å². The van der Waals surface area contributed by atoms with Crippen LogP contribution in [-0.2, 0) is 13.0 Å². The summed E-state index contributed by atoms with van der Waals surface area (Å²) in [5, 5.41) is 0. The van der Waals surface area contributed by atoms with Crippen molar-refractivity contribution in [3.8, 4) is 5.75 Å². The largest absolute Gasteiger partial charge is 0.497 e. The SMILES string of the molecule is COc1cccc(Cc2nc(CN)cc(=O)[nH]2)c1. The summed E-state index contributed by atoms with van der Waals surface area (Å²) in [5.41, 5.74) is 6.93. The molecule has 2 aromatic rings. The van der Waals surface area contributed by atoms with Crippen molar-refractivity contribution in [2.45, 2.75) is 13.0 Å². The van der Waals surface area contributed by atoms with E-state index in [1.54, 1.807) is 7.11 Å². The molecule has 0 spiro atoms. The summed E-state index contributed by atoms with van der Waals surface area (Å²) in [5.74, 6) is 1.39. The number of aromatic nitrogens is 2. The van der Waals surface area contributed by atoms with Gasteiger partial charge in [-0.2, -0.15) is 0 Å². The van der Waals surface area contributed by atoms with Crippen LogP contribution in [0.25, 0.3) is 0 Å². The van der Waals surface area contributed by atoms with E-state index in [0.717, 1.165) is 11.3 Å². The number of ether oxygens (including phenoxy) is 1. The Kier molecular flexibility index (Phi) is 3.74. The maximum absolute atomic E-state index is 11.4. The average molecular weight is 245 g/mol. The molecular weight excluding hydrogens is 230 g/mol. The molecule has 1 aromatic heterocycles. The lowest BCUT2D eigenvalue weighted by molar-refractivity contribution is 0.414. The van der Waals surface area contributed by atoms with Crippen molar-refractivity contribution >= 4 is 0 Å². The smallest absolute Gasteiger partial charge is 0.251 e. The number of hydrogen-bond acceptors (Lipinski definition) is 4. The highest BCUT2D eigenvalue weighted by Crippen LogP contribution is 2.14. The molecule has 0 aliphatic rings. The molecular formula is C13H15N3O2. The molecule has 1 aromatic carbocycles. The molecule has 18 heavy (non-hydrogen) atoms. The lowest BCUT2D eigenvalue weighted by atomic mass is 10.1.